The van der Waals surface area contributed by atoms with E-state index in [2.05, 4.69) is 15.1 Å². The summed E-state index contributed by atoms with van der Waals surface area (Å²) >= 11 is 0. The van der Waals surface area contributed by atoms with Crippen molar-refractivity contribution in [3.8, 4) is 0 Å². The van der Waals surface area contributed by atoms with E-state index in [1.165, 1.54) is 18.5 Å². The van der Waals surface area contributed by atoms with Gasteiger partial charge in [0.25, 0.3) is 0 Å². The molecule has 1 amide bonds. The zero-order valence-corrected chi connectivity index (χ0v) is 10.8. The van der Waals surface area contributed by atoms with E-state index in [-0.39, 0.29) is 5.92 Å². The lowest BCUT2D eigenvalue weighted by molar-refractivity contribution is -0.133. The first-order valence-electron chi connectivity index (χ1n) is 7.17. The molecular formula is C14H21N3O. The molecule has 1 N–H and O–H groups in total. The quantitative estimate of drug-likeness (QED) is 0.827. The summed E-state index contributed by atoms with van der Waals surface area (Å²) in [5.74, 6) is 0.393. The van der Waals surface area contributed by atoms with Gasteiger partial charge < -0.3 is 4.90 Å². The number of aryl methyl sites for hydroxylation is 1. The zero-order chi connectivity index (χ0) is 12.4. The van der Waals surface area contributed by atoms with Gasteiger partial charge in [-0.25, -0.2) is 0 Å². The third-order valence-electron chi connectivity index (χ3n) is 4.26. The highest BCUT2D eigenvalue weighted by molar-refractivity contribution is 5.84. The second kappa shape index (κ2) is 5.12. The molecule has 4 heteroatoms. The first kappa shape index (κ1) is 11.8. The van der Waals surface area contributed by atoms with Gasteiger partial charge >= 0.3 is 0 Å². The summed E-state index contributed by atoms with van der Waals surface area (Å²) in [6, 6.07) is 0. The van der Waals surface area contributed by atoms with Crippen molar-refractivity contribution in [2.45, 2.75) is 50.9 Å². The molecule has 2 heterocycles. The van der Waals surface area contributed by atoms with E-state index in [0.717, 1.165) is 50.8 Å². The van der Waals surface area contributed by atoms with Gasteiger partial charge in [-0.05, 0) is 32.1 Å². The van der Waals surface area contributed by atoms with Crippen LogP contribution in [0.5, 0.6) is 0 Å². The van der Waals surface area contributed by atoms with E-state index in [0.29, 0.717) is 5.91 Å². The molecule has 1 aliphatic heterocycles. The first-order valence-corrected chi connectivity index (χ1v) is 7.17. The Morgan fingerprint density at radius 2 is 2.00 bits per heavy atom. The number of amides is 1. The van der Waals surface area contributed by atoms with Crippen LogP contribution in [0.4, 0.5) is 0 Å². The minimum atomic E-state index is 0.0607. The smallest absolute Gasteiger partial charge is 0.230 e. The fraction of sp³-hybridized carbons (Fsp3) is 0.714. The number of fused-ring (bicyclic) bond motifs is 1. The molecule has 1 aromatic rings. The lowest BCUT2D eigenvalue weighted by Crippen LogP contribution is -2.36. The summed E-state index contributed by atoms with van der Waals surface area (Å²) in [5, 5.41) is 7.14. The van der Waals surface area contributed by atoms with E-state index in [9.17, 15) is 4.79 Å². The Kier molecular flexibility index (Phi) is 3.35. The Morgan fingerprint density at radius 3 is 2.78 bits per heavy atom. The minimum Gasteiger partial charge on any atom is -0.342 e. The van der Waals surface area contributed by atoms with Crippen LogP contribution in [0.25, 0.3) is 0 Å². The number of nitrogens with one attached hydrogen (secondary N) is 1. The summed E-state index contributed by atoms with van der Waals surface area (Å²) in [6.07, 6.45) is 9.85. The van der Waals surface area contributed by atoms with Gasteiger partial charge in [-0.1, -0.05) is 12.8 Å². The molecule has 0 saturated carbocycles. The molecule has 1 saturated heterocycles. The number of carbonyl (C=O) groups excluding carboxylic acids is 1. The molecule has 18 heavy (non-hydrogen) atoms. The molecule has 0 radical (unpaired) electrons. The summed E-state index contributed by atoms with van der Waals surface area (Å²) in [4.78, 5) is 14.7. The highest BCUT2D eigenvalue weighted by Crippen LogP contribution is 2.32. The van der Waals surface area contributed by atoms with Crippen LogP contribution in [-0.2, 0) is 11.2 Å². The topological polar surface area (TPSA) is 49.0 Å². The molecule has 4 nitrogen and oxygen atoms in total. The maximum Gasteiger partial charge on any atom is 0.230 e. The summed E-state index contributed by atoms with van der Waals surface area (Å²) in [7, 11) is 0. The number of carbonyl (C=O) groups is 1. The van der Waals surface area contributed by atoms with Gasteiger partial charge in [0, 0.05) is 24.3 Å². The number of nitrogens with zero attached hydrogens (tertiary/aromatic N) is 2. The second-order valence-electron chi connectivity index (χ2n) is 5.49. The lowest BCUT2D eigenvalue weighted by atomic mass is 9.86. The number of aromatic nitrogens is 2. The van der Waals surface area contributed by atoms with Crippen LogP contribution < -0.4 is 0 Å². The maximum atomic E-state index is 12.7. The van der Waals surface area contributed by atoms with E-state index in [1.54, 1.807) is 0 Å². The first-order chi connectivity index (χ1) is 8.86. The molecule has 3 rings (SSSR count). The number of aromatic amines is 1. The molecule has 1 unspecified atom stereocenters. The molecule has 1 atom stereocenters. The van der Waals surface area contributed by atoms with Crippen molar-refractivity contribution in [2.24, 2.45) is 0 Å². The number of hydrogen-bond acceptors (Lipinski definition) is 2. The molecule has 1 aromatic heterocycles. The van der Waals surface area contributed by atoms with Crippen molar-refractivity contribution in [1.29, 1.82) is 0 Å². The third-order valence-corrected chi connectivity index (χ3v) is 4.26. The highest BCUT2D eigenvalue weighted by Gasteiger charge is 2.31. The Hall–Kier alpha value is -1.32. The number of H-pyrrole nitrogens is 1. The molecule has 1 fully saturated rings. The Labute approximate surface area is 108 Å². The maximum absolute atomic E-state index is 12.7. The van der Waals surface area contributed by atoms with Crippen LogP contribution in [0.1, 0.15) is 55.7 Å². The van der Waals surface area contributed by atoms with Crippen LogP contribution in [0.3, 0.4) is 0 Å². The zero-order valence-electron chi connectivity index (χ0n) is 10.8. The number of likely N-dealkylation sites (tertiary alicyclic amines) is 1. The molecule has 2 aliphatic rings. The van der Waals surface area contributed by atoms with Gasteiger partial charge in [-0.15, -0.1) is 0 Å². The van der Waals surface area contributed by atoms with Gasteiger partial charge in [-0.2, -0.15) is 5.10 Å². The standard InChI is InChI=1S/C14H21N3O/c18-14(17-8-3-1-2-4-9-17)11-6-5-7-13-12(11)10-15-16-13/h10-11H,1-9H2,(H,15,16). The predicted molar refractivity (Wildman–Crippen MR) is 69.3 cm³/mol. The van der Waals surface area contributed by atoms with Crippen LogP contribution in [-0.4, -0.2) is 34.1 Å². The van der Waals surface area contributed by atoms with Crippen LogP contribution in [0.2, 0.25) is 0 Å². The summed E-state index contributed by atoms with van der Waals surface area (Å²) in [6.45, 7) is 1.89. The Bertz CT molecular complexity index is 418. The predicted octanol–water partition coefficient (Wildman–Crippen LogP) is 2.23. The average Bonchev–Trinajstić information content (AvgIpc) is 2.71. The normalized spacial score (nSPS) is 24.4. The molecule has 0 bridgehead atoms. The van der Waals surface area contributed by atoms with Gasteiger partial charge in [0.1, 0.15) is 0 Å². The van der Waals surface area contributed by atoms with Crippen molar-refractivity contribution >= 4 is 5.91 Å². The van der Waals surface area contributed by atoms with Crippen molar-refractivity contribution in [2.75, 3.05) is 13.1 Å². The minimum absolute atomic E-state index is 0.0607. The van der Waals surface area contributed by atoms with Crippen LogP contribution in [0, 0.1) is 0 Å². The summed E-state index contributed by atoms with van der Waals surface area (Å²) in [5.41, 5.74) is 2.32. The van der Waals surface area contributed by atoms with Crippen molar-refractivity contribution in [3.63, 3.8) is 0 Å². The van der Waals surface area contributed by atoms with E-state index >= 15 is 0 Å². The van der Waals surface area contributed by atoms with Gasteiger partial charge in [0.15, 0.2) is 0 Å². The number of hydrogen-bond donors (Lipinski definition) is 1. The van der Waals surface area contributed by atoms with Crippen LogP contribution in [0.15, 0.2) is 6.20 Å². The monoisotopic (exact) mass is 247 g/mol. The number of rotatable bonds is 1. The van der Waals surface area contributed by atoms with Gasteiger partial charge in [0.2, 0.25) is 5.91 Å². The van der Waals surface area contributed by atoms with Crippen molar-refractivity contribution < 1.29 is 4.79 Å². The van der Waals surface area contributed by atoms with E-state index in [1.807, 2.05) is 6.20 Å². The second-order valence-corrected chi connectivity index (χ2v) is 5.49. The molecule has 0 aromatic carbocycles. The highest BCUT2D eigenvalue weighted by atomic mass is 16.2. The van der Waals surface area contributed by atoms with E-state index < -0.39 is 0 Å². The van der Waals surface area contributed by atoms with Crippen LogP contribution >= 0.6 is 0 Å². The molecule has 0 spiro atoms. The summed E-state index contributed by atoms with van der Waals surface area (Å²) < 4.78 is 0. The van der Waals surface area contributed by atoms with E-state index in [4.69, 9.17) is 0 Å². The average molecular weight is 247 g/mol. The van der Waals surface area contributed by atoms with Gasteiger partial charge in [-0.3, -0.25) is 9.89 Å². The van der Waals surface area contributed by atoms with Crippen molar-refractivity contribution in [1.82, 2.24) is 15.1 Å². The molecule has 98 valence electrons. The largest absolute Gasteiger partial charge is 0.342 e. The van der Waals surface area contributed by atoms with Gasteiger partial charge in [0.05, 0.1) is 12.1 Å². The lowest BCUT2D eigenvalue weighted by Gasteiger charge is -2.28. The fourth-order valence-electron chi connectivity index (χ4n) is 3.23. The SMILES string of the molecule is O=C(C1CCCc2[nH]ncc21)N1CCCCCC1. The fourth-order valence-corrected chi connectivity index (χ4v) is 3.23. The third kappa shape index (κ3) is 2.16. The Balaban J connectivity index is 1.77. The molecule has 1 aliphatic carbocycles. The van der Waals surface area contributed by atoms with Crippen molar-refractivity contribution in [3.05, 3.63) is 17.5 Å². The molecular weight excluding hydrogens is 226 g/mol. The Morgan fingerprint density at radius 1 is 1.22 bits per heavy atom.